The van der Waals surface area contributed by atoms with E-state index in [1.807, 2.05) is 45.0 Å². The first-order valence-electron chi connectivity index (χ1n) is 6.74. The minimum absolute atomic E-state index is 0.107. The average Bonchev–Trinajstić information content (AvgIpc) is 2.25. The van der Waals surface area contributed by atoms with Gasteiger partial charge in [-0.2, -0.15) is 0 Å². The zero-order valence-corrected chi connectivity index (χ0v) is 13.1. The molecule has 0 heterocycles. The van der Waals surface area contributed by atoms with E-state index in [9.17, 15) is 9.59 Å². The van der Waals surface area contributed by atoms with Gasteiger partial charge >= 0.3 is 11.8 Å². The molecule has 0 aliphatic heterocycles. The van der Waals surface area contributed by atoms with Gasteiger partial charge in [-0.05, 0) is 37.8 Å². The average molecular weight is 276 g/mol. The van der Waals surface area contributed by atoms with Crippen LogP contribution < -0.4 is 10.6 Å². The van der Waals surface area contributed by atoms with Crippen molar-refractivity contribution in [3.63, 3.8) is 0 Å². The molecule has 0 aliphatic rings. The van der Waals surface area contributed by atoms with Gasteiger partial charge in [0.2, 0.25) is 0 Å². The molecule has 1 rings (SSSR count). The molecule has 0 atom stereocenters. The molecule has 2 amide bonds. The van der Waals surface area contributed by atoms with Crippen LogP contribution in [0.25, 0.3) is 0 Å². The van der Waals surface area contributed by atoms with Crippen molar-refractivity contribution in [2.24, 2.45) is 0 Å². The molecule has 0 unspecified atom stereocenters. The first-order chi connectivity index (χ1) is 9.00. The van der Waals surface area contributed by atoms with Gasteiger partial charge in [-0.25, -0.2) is 0 Å². The summed E-state index contributed by atoms with van der Waals surface area (Å²) in [6, 6.07) is 7.53. The number of amides is 2. The van der Waals surface area contributed by atoms with Gasteiger partial charge in [0.25, 0.3) is 0 Å². The Balaban J connectivity index is 2.90. The standard InChI is InChI=1S/C16H24N2O2/c1-15(2,3)11-9-7-8-10-12(11)17-13(19)14(20)18-16(4,5)6/h7-10H,1-6H3,(H,17,19)(H,18,20). The number of rotatable bonds is 1. The van der Waals surface area contributed by atoms with E-state index < -0.39 is 17.4 Å². The Labute approximate surface area is 121 Å². The van der Waals surface area contributed by atoms with Crippen molar-refractivity contribution in [3.8, 4) is 0 Å². The van der Waals surface area contributed by atoms with E-state index in [4.69, 9.17) is 0 Å². The molecule has 2 N–H and O–H groups in total. The summed E-state index contributed by atoms with van der Waals surface area (Å²) < 4.78 is 0. The maximum Gasteiger partial charge on any atom is 0.313 e. The lowest BCUT2D eigenvalue weighted by Gasteiger charge is -2.24. The second kappa shape index (κ2) is 5.65. The van der Waals surface area contributed by atoms with Gasteiger partial charge in [-0.1, -0.05) is 39.0 Å². The van der Waals surface area contributed by atoms with E-state index in [1.54, 1.807) is 0 Å². The number of hydrogen-bond acceptors (Lipinski definition) is 2. The lowest BCUT2D eigenvalue weighted by molar-refractivity contribution is -0.137. The highest BCUT2D eigenvalue weighted by molar-refractivity contribution is 6.39. The fourth-order valence-electron chi connectivity index (χ4n) is 1.82. The highest BCUT2D eigenvalue weighted by atomic mass is 16.2. The van der Waals surface area contributed by atoms with Crippen molar-refractivity contribution in [1.82, 2.24) is 5.32 Å². The van der Waals surface area contributed by atoms with E-state index in [0.717, 1.165) is 5.56 Å². The summed E-state index contributed by atoms with van der Waals surface area (Å²) in [6.45, 7) is 11.7. The number of anilines is 1. The number of hydrogen-bond donors (Lipinski definition) is 2. The highest BCUT2D eigenvalue weighted by Crippen LogP contribution is 2.29. The number of carbonyl (C=O) groups is 2. The molecule has 110 valence electrons. The maximum atomic E-state index is 11.9. The van der Waals surface area contributed by atoms with Gasteiger partial charge in [0.15, 0.2) is 0 Å². The van der Waals surface area contributed by atoms with Crippen molar-refractivity contribution in [2.75, 3.05) is 5.32 Å². The third-order valence-corrected chi connectivity index (χ3v) is 2.68. The predicted octanol–water partition coefficient (Wildman–Crippen LogP) is 2.84. The quantitative estimate of drug-likeness (QED) is 0.775. The predicted molar refractivity (Wildman–Crippen MR) is 81.7 cm³/mol. The summed E-state index contributed by atoms with van der Waals surface area (Å²) in [4.78, 5) is 23.7. The molecule has 20 heavy (non-hydrogen) atoms. The van der Waals surface area contributed by atoms with Gasteiger partial charge in [0.1, 0.15) is 0 Å². The SMILES string of the molecule is CC(C)(C)NC(=O)C(=O)Nc1ccccc1C(C)(C)C. The first-order valence-corrected chi connectivity index (χ1v) is 6.74. The van der Waals surface area contributed by atoms with Crippen LogP contribution in [0.1, 0.15) is 47.1 Å². The maximum absolute atomic E-state index is 11.9. The van der Waals surface area contributed by atoms with E-state index >= 15 is 0 Å². The highest BCUT2D eigenvalue weighted by Gasteiger charge is 2.23. The van der Waals surface area contributed by atoms with Crippen molar-refractivity contribution >= 4 is 17.5 Å². The van der Waals surface area contributed by atoms with E-state index in [2.05, 4.69) is 31.4 Å². The molecule has 0 saturated carbocycles. The molecular weight excluding hydrogens is 252 g/mol. The van der Waals surface area contributed by atoms with Crippen LogP contribution in [0.5, 0.6) is 0 Å². The van der Waals surface area contributed by atoms with Crippen LogP contribution in [-0.2, 0) is 15.0 Å². The summed E-state index contributed by atoms with van der Waals surface area (Å²) >= 11 is 0. The topological polar surface area (TPSA) is 58.2 Å². The van der Waals surface area contributed by atoms with Crippen LogP contribution >= 0.6 is 0 Å². The Morgan fingerprint density at radius 1 is 0.900 bits per heavy atom. The third kappa shape index (κ3) is 4.68. The van der Waals surface area contributed by atoms with Gasteiger partial charge < -0.3 is 10.6 Å². The Kier molecular flexibility index (Phi) is 4.58. The van der Waals surface area contributed by atoms with Crippen LogP contribution in [0.15, 0.2) is 24.3 Å². The van der Waals surface area contributed by atoms with Crippen LogP contribution in [0.3, 0.4) is 0 Å². The molecule has 0 bridgehead atoms. The Bertz CT molecular complexity index is 508. The number of benzene rings is 1. The van der Waals surface area contributed by atoms with Gasteiger partial charge in [0.05, 0.1) is 0 Å². The molecular formula is C16H24N2O2. The molecule has 4 nitrogen and oxygen atoms in total. The molecule has 0 saturated heterocycles. The van der Waals surface area contributed by atoms with Gasteiger partial charge in [-0.15, -0.1) is 0 Å². The second-order valence-electron chi connectivity index (χ2n) is 6.95. The zero-order valence-electron chi connectivity index (χ0n) is 13.1. The molecule has 0 fully saturated rings. The van der Waals surface area contributed by atoms with E-state index in [0.29, 0.717) is 5.69 Å². The summed E-state index contributed by atoms with van der Waals surface area (Å²) in [5.41, 5.74) is 1.13. The molecule has 4 heteroatoms. The number of para-hydroxylation sites is 1. The third-order valence-electron chi connectivity index (χ3n) is 2.68. The van der Waals surface area contributed by atoms with Crippen molar-refractivity contribution < 1.29 is 9.59 Å². The summed E-state index contributed by atoms with van der Waals surface area (Å²) in [5.74, 6) is -1.27. The number of carbonyl (C=O) groups excluding carboxylic acids is 2. The number of nitrogens with one attached hydrogen (secondary N) is 2. The summed E-state index contributed by atoms with van der Waals surface area (Å²) in [7, 11) is 0. The Morgan fingerprint density at radius 3 is 1.95 bits per heavy atom. The largest absolute Gasteiger partial charge is 0.343 e. The van der Waals surface area contributed by atoms with Gasteiger partial charge in [0, 0.05) is 11.2 Å². The van der Waals surface area contributed by atoms with Crippen molar-refractivity contribution in [2.45, 2.75) is 52.5 Å². The summed E-state index contributed by atoms with van der Waals surface area (Å²) in [5, 5.41) is 5.33. The van der Waals surface area contributed by atoms with Crippen molar-refractivity contribution in [1.29, 1.82) is 0 Å². The van der Waals surface area contributed by atoms with Crippen LogP contribution in [0.4, 0.5) is 5.69 Å². The fraction of sp³-hybridized carbons (Fsp3) is 0.500. The van der Waals surface area contributed by atoms with Gasteiger partial charge in [-0.3, -0.25) is 9.59 Å². The van der Waals surface area contributed by atoms with Crippen LogP contribution in [0.2, 0.25) is 0 Å². The molecule has 0 aliphatic carbocycles. The van der Waals surface area contributed by atoms with Crippen LogP contribution in [0, 0.1) is 0 Å². The lowest BCUT2D eigenvalue weighted by Crippen LogP contribution is -2.46. The zero-order chi connectivity index (χ0) is 15.6. The monoisotopic (exact) mass is 276 g/mol. The minimum Gasteiger partial charge on any atom is -0.343 e. The lowest BCUT2D eigenvalue weighted by atomic mass is 9.86. The van der Waals surface area contributed by atoms with Crippen LogP contribution in [-0.4, -0.2) is 17.4 Å². The smallest absolute Gasteiger partial charge is 0.313 e. The minimum atomic E-state index is -0.642. The first kappa shape index (κ1) is 16.2. The fourth-order valence-corrected chi connectivity index (χ4v) is 1.82. The Hall–Kier alpha value is -1.84. The van der Waals surface area contributed by atoms with Crippen molar-refractivity contribution in [3.05, 3.63) is 29.8 Å². The molecule has 0 aromatic heterocycles. The molecule has 0 spiro atoms. The Morgan fingerprint density at radius 2 is 1.45 bits per heavy atom. The summed E-state index contributed by atoms with van der Waals surface area (Å²) in [6.07, 6.45) is 0. The second-order valence-corrected chi connectivity index (χ2v) is 6.95. The molecule has 1 aromatic rings. The normalized spacial score (nSPS) is 11.9. The van der Waals surface area contributed by atoms with E-state index in [1.165, 1.54) is 0 Å². The molecule has 1 aromatic carbocycles. The molecule has 0 radical (unpaired) electrons. The van der Waals surface area contributed by atoms with E-state index in [-0.39, 0.29) is 5.41 Å².